The summed E-state index contributed by atoms with van der Waals surface area (Å²) in [7, 11) is 0. The highest BCUT2D eigenvalue weighted by atomic mass is 79.9. The van der Waals surface area contributed by atoms with Crippen molar-refractivity contribution in [2.45, 2.75) is 18.9 Å². The van der Waals surface area contributed by atoms with Gasteiger partial charge in [0.25, 0.3) is 0 Å². The van der Waals surface area contributed by atoms with Crippen LogP contribution in [0, 0.1) is 0 Å². The summed E-state index contributed by atoms with van der Waals surface area (Å²) in [5.74, 6) is 0. The molecule has 0 spiro atoms. The average molecular weight is 298 g/mol. The lowest BCUT2D eigenvalue weighted by Crippen LogP contribution is -2.02. The number of thiophene rings is 1. The number of nitrogens with zero attached hydrogens (tertiary/aromatic N) is 1. The summed E-state index contributed by atoms with van der Waals surface area (Å²) in [6, 6.07) is 7.87. The first kappa shape index (κ1) is 11.8. The summed E-state index contributed by atoms with van der Waals surface area (Å²) in [5, 5.41) is 12.1. The van der Waals surface area contributed by atoms with E-state index in [4.69, 9.17) is 0 Å². The van der Waals surface area contributed by atoms with E-state index in [0.29, 0.717) is 6.42 Å². The van der Waals surface area contributed by atoms with Crippen molar-refractivity contribution in [1.82, 2.24) is 4.98 Å². The number of halogens is 1. The highest BCUT2D eigenvalue weighted by Crippen LogP contribution is 2.25. The molecule has 2 aromatic rings. The molecule has 0 radical (unpaired) electrons. The molecule has 16 heavy (non-hydrogen) atoms. The Labute approximate surface area is 107 Å². The third-order valence-corrected chi connectivity index (χ3v) is 3.95. The van der Waals surface area contributed by atoms with Gasteiger partial charge in [0.05, 0.1) is 11.8 Å². The van der Waals surface area contributed by atoms with E-state index < -0.39 is 6.10 Å². The summed E-state index contributed by atoms with van der Waals surface area (Å²) in [6.45, 7) is 0. The zero-order valence-corrected chi connectivity index (χ0v) is 11.0. The standard InChI is InChI=1S/C12H12BrNOS/c13-10-4-1-7-14-12(10)11(15)6-5-9-3-2-8-16-9/h1-4,7-8,11,15H,5-6H2. The number of aliphatic hydroxyl groups is 1. The lowest BCUT2D eigenvalue weighted by Gasteiger charge is -2.10. The molecule has 0 aliphatic heterocycles. The summed E-state index contributed by atoms with van der Waals surface area (Å²) in [4.78, 5) is 5.48. The first-order valence-electron chi connectivity index (χ1n) is 5.08. The monoisotopic (exact) mass is 297 g/mol. The smallest absolute Gasteiger partial charge is 0.0974 e. The second kappa shape index (κ2) is 5.57. The van der Waals surface area contributed by atoms with Crippen LogP contribution in [0.1, 0.15) is 23.1 Å². The lowest BCUT2D eigenvalue weighted by molar-refractivity contribution is 0.162. The molecular formula is C12H12BrNOS. The minimum absolute atomic E-state index is 0.502. The number of rotatable bonds is 4. The van der Waals surface area contributed by atoms with Crippen LogP contribution in [0.2, 0.25) is 0 Å². The number of aryl methyl sites for hydroxylation is 1. The molecule has 0 saturated heterocycles. The molecule has 2 aromatic heterocycles. The molecule has 0 aliphatic rings. The van der Waals surface area contributed by atoms with Gasteiger partial charge in [-0.1, -0.05) is 6.07 Å². The summed E-state index contributed by atoms with van der Waals surface area (Å²) < 4.78 is 0.869. The Morgan fingerprint density at radius 1 is 1.38 bits per heavy atom. The minimum atomic E-state index is -0.502. The first-order valence-corrected chi connectivity index (χ1v) is 6.75. The molecular weight excluding hydrogens is 286 g/mol. The highest BCUT2D eigenvalue weighted by molar-refractivity contribution is 9.10. The van der Waals surface area contributed by atoms with Crippen LogP contribution in [-0.4, -0.2) is 10.1 Å². The summed E-state index contributed by atoms with van der Waals surface area (Å²) in [5.41, 5.74) is 0.721. The number of pyridine rings is 1. The molecule has 2 heterocycles. The van der Waals surface area contributed by atoms with Crippen molar-refractivity contribution in [2.75, 3.05) is 0 Å². The maximum atomic E-state index is 10.0. The van der Waals surface area contributed by atoms with E-state index >= 15 is 0 Å². The van der Waals surface area contributed by atoms with Crippen LogP contribution < -0.4 is 0 Å². The SMILES string of the molecule is OC(CCc1cccs1)c1ncccc1Br. The van der Waals surface area contributed by atoms with E-state index in [1.165, 1.54) is 4.88 Å². The van der Waals surface area contributed by atoms with Crippen molar-refractivity contribution in [1.29, 1.82) is 0 Å². The van der Waals surface area contributed by atoms with Gasteiger partial charge in [-0.15, -0.1) is 11.3 Å². The fourth-order valence-electron chi connectivity index (χ4n) is 1.51. The van der Waals surface area contributed by atoms with Gasteiger partial charge in [-0.25, -0.2) is 0 Å². The van der Waals surface area contributed by atoms with E-state index in [-0.39, 0.29) is 0 Å². The summed E-state index contributed by atoms with van der Waals surface area (Å²) in [6.07, 6.45) is 2.80. The van der Waals surface area contributed by atoms with Crippen LogP contribution in [0.3, 0.4) is 0 Å². The number of aliphatic hydroxyl groups excluding tert-OH is 1. The number of aromatic nitrogens is 1. The zero-order valence-electron chi connectivity index (χ0n) is 8.64. The lowest BCUT2D eigenvalue weighted by atomic mass is 10.1. The van der Waals surface area contributed by atoms with Gasteiger partial charge in [-0.2, -0.15) is 0 Å². The van der Waals surface area contributed by atoms with Gasteiger partial charge in [0, 0.05) is 15.5 Å². The van der Waals surface area contributed by atoms with E-state index in [2.05, 4.69) is 32.4 Å². The molecule has 1 atom stereocenters. The van der Waals surface area contributed by atoms with Gasteiger partial charge in [0.2, 0.25) is 0 Å². The molecule has 2 nitrogen and oxygen atoms in total. The minimum Gasteiger partial charge on any atom is -0.387 e. The van der Waals surface area contributed by atoms with E-state index in [0.717, 1.165) is 16.6 Å². The second-order valence-electron chi connectivity index (χ2n) is 3.50. The number of hydrogen-bond acceptors (Lipinski definition) is 3. The van der Waals surface area contributed by atoms with Gasteiger partial charge in [-0.3, -0.25) is 4.98 Å². The second-order valence-corrected chi connectivity index (χ2v) is 5.39. The molecule has 1 unspecified atom stereocenters. The normalized spacial score (nSPS) is 12.6. The molecule has 0 fully saturated rings. The average Bonchev–Trinajstić information content (AvgIpc) is 2.79. The molecule has 4 heteroatoms. The Balaban J connectivity index is 1.98. The maximum absolute atomic E-state index is 10.0. The van der Waals surface area contributed by atoms with Gasteiger partial charge >= 0.3 is 0 Å². The predicted octanol–water partition coefficient (Wildman–Crippen LogP) is 3.57. The third-order valence-electron chi connectivity index (χ3n) is 2.35. The quantitative estimate of drug-likeness (QED) is 0.936. The van der Waals surface area contributed by atoms with Crippen LogP contribution >= 0.6 is 27.3 Å². The number of hydrogen-bond donors (Lipinski definition) is 1. The molecule has 2 rings (SSSR count). The van der Waals surface area contributed by atoms with Crippen molar-refractivity contribution in [3.63, 3.8) is 0 Å². The fourth-order valence-corrected chi connectivity index (χ4v) is 2.76. The Morgan fingerprint density at radius 2 is 2.25 bits per heavy atom. The molecule has 84 valence electrons. The van der Waals surface area contributed by atoms with Crippen LogP contribution in [0.25, 0.3) is 0 Å². The van der Waals surface area contributed by atoms with Crippen molar-refractivity contribution < 1.29 is 5.11 Å². The maximum Gasteiger partial charge on any atom is 0.0974 e. The molecule has 0 bridgehead atoms. The topological polar surface area (TPSA) is 33.1 Å². The predicted molar refractivity (Wildman–Crippen MR) is 69.5 cm³/mol. The van der Waals surface area contributed by atoms with Crippen LogP contribution in [-0.2, 0) is 6.42 Å². The van der Waals surface area contributed by atoms with Gasteiger partial charge in [-0.05, 0) is 52.4 Å². The van der Waals surface area contributed by atoms with E-state index in [1.54, 1.807) is 17.5 Å². The third kappa shape index (κ3) is 2.90. The Morgan fingerprint density at radius 3 is 2.94 bits per heavy atom. The molecule has 0 aliphatic carbocycles. The van der Waals surface area contributed by atoms with Crippen molar-refractivity contribution in [3.05, 3.63) is 50.9 Å². The van der Waals surface area contributed by atoms with Crippen LogP contribution in [0.5, 0.6) is 0 Å². The van der Waals surface area contributed by atoms with Crippen molar-refractivity contribution in [2.24, 2.45) is 0 Å². The fraction of sp³-hybridized carbons (Fsp3) is 0.250. The highest BCUT2D eigenvalue weighted by Gasteiger charge is 2.12. The van der Waals surface area contributed by atoms with Gasteiger partial charge in [0.1, 0.15) is 0 Å². The van der Waals surface area contributed by atoms with Crippen molar-refractivity contribution in [3.8, 4) is 0 Å². The summed E-state index contributed by atoms with van der Waals surface area (Å²) >= 11 is 5.12. The zero-order chi connectivity index (χ0) is 11.4. The van der Waals surface area contributed by atoms with E-state index in [1.807, 2.05) is 18.2 Å². The Bertz CT molecular complexity index is 444. The molecule has 1 N–H and O–H groups in total. The van der Waals surface area contributed by atoms with Gasteiger partial charge in [0.15, 0.2) is 0 Å². The van der Waals surface area contributed by atoms with Crippen LogP contribution in [0.4, 0.5) is 0 Å². The van der Waals surface area contributed by atoms with Crippen molar-refractivity contribution >= 4 is 27.3 Å². The first-order chi connectivity index (χ1) is 7.77. The Kier molecular flexibility index (Phi) is 4.09. The molecule has 0 amide bonds. The van der Waals surface area contributed by atoms with E-state index in [9.17, 15) is 5.11 Å². The Hall–Kier alpha value is -0.710. The molecule has 0 saturated carbocycles. The van der Waals surface area contributed by atoms with Crippen LogP contribution in [0.15, 0.2) is 40.3 Å². The largest absolute Gasteiger partial charge is 0.387 e. The molecule has 0 aromatic carbocycles. The van der Waals surface area contributed by atoms with Gasteiger partial charge < -0.3 is 5.11 Å².